The summed E-state index contributed by atoms with van der Waals surface area (Å²) in [7, 11) is 0. The van der Waals surface area contributed by atoms with Crippen LogP contribution in [0.15, 0.2) is 97.1 Å². The minimum Gasteiger partial charge on any atom is -0.445 e. The monoisotopic (exact) mass is 496 g/mol. The zero-order valence-corrected chi connectivity index (χ0v) is 20.2. The van der Waals surface area contributed by atoms with Crippen molar-refractivity contribution in [3.05, 3.63) is 114 Å². The molecular formula is C29H28N4O4. The van der Waals surface area contributed by atoms with Crippen molar-refractivity contribution in [2.75, 3.05) is 0 Å². The fourth-order valence-corrected chi connectivity index (χ4v) is 3.89. The number of benzene rings is 3. The van der Waals surface area contributed by atoms with Gasteiger partial charge in [0.05, 0.1) is 5.52 Å². The Morgan fingerprint density at radius 1 is 0.730 bits per heavy atom. The molecule has 188 valence electrons. The Kier molecular flexibility index (Phi) is 8.44. The van der Waals surface area contributed by atoms with Crippen molar-refractivity contribution in [2.45, 2.75) is 31.5 Å². The second-order valence-corrected chi connectivity index (χ2v) is 8.61. The number of nitrogens with two attached hydrogens (primary N) is 1. The number of pyridine rings is 1. The molecule has 3 amide bonds. The van der Waals surface area contributed by atoms with Gasteiger partial charge in [-0.25, -0.2) is 4.79 Å². The summed E-state index contributed by atoms with van der Waals surface area (Å²) in [5.41, 5.74) is 8.65. The topological polar surface area (TPSA) is 123 Å². The summed E-state index contributed by atoms with van der Waals surface area (Å²) in [6.45, 7) is 0.0594. The largest absolute Gasteiger partial charge is 0.445 e. The third-order valence-electron chi connectivity index (χ3n) is 5.83. The molecule has 0 radical (unpaired) electrons. The summed E-state index contributed by atoms with van der Waals surface area (Å²) in [5.74, 6) is -1.25. The van der Waals surface area contributed by atoms with Crippen LogP contribution in [0, 0.1) is 0 Å². The molecule has 0 saturated carbocycles. The molecule has 37 heavy (non-hydrogen) atoms. The van der Waals surface area contributed by atoms with Gasteiger partial charge in [-0.2, -0.15) is 0 Å². The molecule has 0 saturated heterocycles. The highest BCUT2D eigenvalue weighted by Gasteiger charge is 2.27. The van der Waals surface area contributed by atoms with E-state index >= 15 is 0 Å². The molecule has 0 aliphatic carbocycles. The van der Waals surface area contributed by atoms with E-state index in [9.17, 15) is 14.4 Å². The van der Waals surface area contributed by atoms with Crippen molar-refractivity contribution in [1.29, 1.82) is 0 Å². The maximum atomic E-state index is 13.3. The Balaban J connectivity index is 1.45. The fraction of sp³-hybridized carbons (Fsp3) is 0.172. The number of amides is 3. The van der Waals surface area contributed by atoms with Crippen LogP contribution >= 0.6 is 0 Å². The Hall–Kier alpha value is -4.72. The molecule has 4 rings (SSSR count). The van der Waals surface area contributed by atoms with Gasteiger partial charge in [-0.05, 0) is 23.3 Å². The zero-order valence-electron chi connectivity index (χ0n) is 20.2. The number of carbonyl (C=O) groups is 3. The van der Waals surface area contributed by atoms with Crippen LogP contribution in [0.1, 0.15) is 16.8 Å². The van der Waals surface area contributed by atoms with Gasteiger partial charge in [0.15, 0.2) is 0 Å². The minimum atomic E-state index is -1.01. The van der Waals surface area contributed by atoms with Crippen LogP contribution in [-0.4, -0.2) is 35.0 Å². The predicted molar refractivity (Wildman–Crippen MR) is 140 cm³/mol. The molecule has 3 aromatic carbocycles. The lowest BCUT2D eigenvalue weighted by molar-refractivity contribution is -0.128. The Morgan fingerprint density at radius 2 is 1.38 bits per heavy atom. The summed E-state index contributed by atoms with van der Waals surface area (Å²) in [6, 6.07) is 27.8. The number of rotatable bonds is 10. The predicted octanol–water partition coefficient (Wildman–Crippen LogP) is 3.29. The van der Waals surface area contributed by atoms with Crippen LogP contribution < -0.4 is 16.4 Å². The second-order valence-electron chi connectivity index (χ2n) is 8.61. The van der Waals surface area contributed by atoms with E-state index in [4.69, 9.17) is 10.5 Å². The van der Waals surface area contributed by atoms with Gasteiger partial charge in [0.25, 0.3) is 0 Å². The number of ether oxygens (including phenoxy) is 1. The van der Waals surface area contributed by atoms with E-state index in [2.05, 4.69) is 15.6 Å². The molecule has 1 heterocycles. The lowest BCUT2D eigenvalue weighted by Crippen LogP contribution is -2.54. The Bertz CT molecular complexity index is 1360. The van der Waals surface area contributed by atoms with E-state index in [1.807, 2.05) is 91.0 Å². The number of aromatic nitrogens is 1. The highest BCUT2D eigenvalue weighted by atomic mass is 16.5. The van der Waals surface area contributed by atoms with Crippen LogP contribution in [-0.2, 0) is 33.8 Å². The number of nitrogens with one attached hydrogen (secondary N) is 2. The van der Waals surface area contributed by atoms with Crippen LogP contribution in [0.3, 0.4) is 0 Å². The number of carbonyl (C=O) groups excluding carboxylic acids is 3. The van der Waals surface area contributed by atoms with Crippen molar-refractivity contribution in [2.24, 2.45) is 5.73 Å². The van der Waals surface area contributed by atoms with Crippen LogP contribution in [0.2, 0.25) is 0 Å². The third kappa shape index (κ3) is 7.38. The molecule has 4 aromatic rings. The first-order valence-electron chi connectivity index (χ1n) is 11.9. The quantitative estimate of drug-likeness (QED) is 0.311. The first-order chi connectivity index (χ1) is 18.0. The van der Waals surface area contributed by atoms with Gasteiger partial charge in [-0.15, -0.1) is 0 Å². The highest BCUT2D eigenvalue weighted by Crippen LogP contribution is 2.13. The zero-order chi connectivity index (χ0) is 26.0. The molecule has 0 bridgehead atoms. The minimum absolute atomic E-state index is 0.0594. The number of para-hydroxylation sites is 1. The number of hydrogen-bond acceptors (Lipinski definition) is 5. The number of primary amides is 1. The molecule has 0 unspecified atom stereocenters. The van der Waals surface area contributed by atoms with Crippen molar-refractivity contribution < 1.29 is 19.1 Å². The molecule has 0 fully saturated rings. The number of alkyl carbamates (subject to hydrolysis) is 1. The number of fused-ring (bicyclic) bond motifs is 1. The normalized spacial score (nSPS) is 12.3. The van der Waals surface area contributed by atoms with Crippen LogP contribution in [0.25, 0.3) is 10.9 Å². The standard InChI is InChI=1S/C29H28N4O4/c30-27(34)25(18-23-16-15-22-13-7-8-14-24(22)31-23)32-28(35)26(17-20-9-3-1-4-10-20)33-29(36)37-19-21-11-5-2-6-12-21/h1-16,25-26H,17-19H2,(H2,30,34)(H,32,35)(H,33,36)/t25-,26-/m1/s1. The maximum Gasteiger partial charge on any atom is 0.408 e. The van der Waals surface area contributed by atoms with E-state index in [1.165, 1.54) is 0 Å². The lowest BCUT2D eigenvalue weighted by atomic mass is 10.0. The van der Waals surface area contributed by atoms with Crippen LogP contribution in [0.4, 0.5) is 4.79 Å². The number of hydrogen-bond donors (Lipinski definition) is 3. The number of nitrogens with zero attached hydrogens (tertiary/aromatic N) is 1. The molecule has 2 atom stereocenters. The first-order valence-corrected chi connectivity index (χ1v) is 11.9. The average molecular weight is 497 g/mol. The van der Waals surface area contributed by atoms with E-state index in [-0.39, 0.29) is 19.4 Å². The van der Waals surface area contributed by atoms with Crippen LogP contribution in [0.5, 0.6) is 0 Å². The molecule has 8 heteroatoms. The van der Waals surface area contributed by atoms with Crippen molar-refractivity contribution in [1.82, 2.24) is 15.6 Å². The summed E-state index contributed by atoms with van der Waals surface area (Å²) in [6.07, 6.45) is -0.429. The van der Waals surface area contributed by atoms with E-state index in [0.717, 1.165) is 22.0 Å². The first kappa shape index (κ1) is 25.4. The average Bonchev–Trinajstić information content (AvgIpc) is 2.92. The molecule has 0 aliphatic heterocycles. The lowest BCUT2D eigenvalue weighted by Gasteiger charge is -2.22. The van der Waals surface area contributed by atoms with Crippen molar-refractivity contribution >= 4 is 28.8 Å². The molecular weight excluding hydrogens is 468 g/mol. The van der Waals surface area contributed by atoms with Gasteiger partial charge in [0.1, 0.15) is 18.7 Å². The van der Waals surface area contributed by atoms with Gasteiger partial charge in [-0.3, -0.25) is 14.6 Å². The van der Waals surface area contributed by atoms with E-state index < -0.39 is 30.0 Å². The Morgan fingerprint density at radius 3 is 2.08 bits per heavy atom. The molecule has 0 aliphatic rings. The SMILES string of the molecule is NC(=O)[C@@H](Cc1ccc2ccccc2n1)NC(=O)[C@@H](Cc1ccccc1)NC(=O)OCc1ccccc1. The van der Waals surface area contributed by atoms with Gasteiger partial charge < -0.3 is 21.1 Å². The molecule has 4 N–H and O–H groups in total. The molecule has 8 nitrogen and oxygen atoms in total. The Labute approximate surface area is 214 Å². The summed E-state index contributed by atoms with van der Waals surface area (Å²) < 4.78 is 5.30. The molecule has 1 aromatic heterocycles. The van der Waals surface area contributed by atoms with Gasteiger partial charge in [0.2, 0.25) is 11.8 Å². The van der Waals surface area contributed by atoms with Gasteiger partial charge >= 0.3 is 6.09 Å². The highest BCUT2D eigenvalue weighted by molar-refractivity contribution is 5.91. The fourth-order valence-electron chi connectivity index (χ4n) is 3.89. The summed E-state index contributed by atoms with van der Waals surface area (Å²) >= 11 is 0. The third-order valence-corrected chi connectivity index (χ3v) is 5.83. The smallest absolute Gasteiger partial charge is 0.408 e. The van der Waals surface area contributed by atoms with E-state index in [1.54, 1.807) is 6.07 Å². The maximum absolute atomic E-state index is 13.3. The second kappa shape index (κ2) is 12.3. The van der Waals surface area contributed by atoms with Gasteiger partial charge in [0, 0.05) is 23.9 Å². The summed E-state index contributed by atoms with van der Waals surface area (Å²) in [4.78, 5) is 42.6. The van der Waals surface area contributed by atoms with E-state index in [0.29, 0.717) is 5.69 Å². The summed E-state index contributed by atoms with van der Waals surface area (Å²) in [5, 5.41) is 6.28. The molecule has 0 spiro atoms. The van der Waals surface area contributed by atoms with Crippen molar-refractivity contribution in [3.8, 4) is 0 Å². The van der Waals surface area contributed by atoms with Gasteiger partial charge in [-0.1, -0.05) is 84.9 Å². The van der Waals surface area contributed by atoms with Crippen molar-refractivity contribution in [3.63, 3.8) is 0 Å².